The Morgan fingerprint density at radius 2 is 2.38 bits per heavy atom. The number of nitrogens with two attached hydrogens (primary N) is 1. The third kappa shape index (κ3) is 2.98. The molecule has 0 atom stereocenters. The van der Waals surface area contributed by atoms with E-state index in [4.69, 9.17) is 5.73 Å². The minimum atomic E-state index is -0.0811. The van der Waals surface area contributed by atoms with E-state index in [1.807, 2.05) is 0 Å². The number of pyridine rings is 1. The van der Waals surface area contributed by atoms with E-state index in [0.717, 1.165) is 5.69 Å². The molecule has 1 rings (SSSR count). The molecule has 4 N–H and O–H groups in total. The molecule has 0 radical (unpaired) electrons. The fourth-order valence-electron chi connectivity index (χ4n) is 0.825. The molecule has 1 heterocycles. The summed E-state index contributed by atoms with van der Waals surface area (Å²) in [6.07, 6.45) is 3.16. The molecular formula is C8H12N4O. The van der Waals surface area contributed by atoms with Gasteiger partial charge in [0.2, 0.25) is 5.91 Å². The highest BCUT2D eigenvalue weighted by Gasteiger charge is 1.97. The molecule has 5 nitrogen and oxygen atoms in total. The fraction of sp³-hybridized carbons (Fsp3) is 0.250. The Morgan fingerprint density at radius 1 is 1.62 bits per heavy atom. The third-order valence-corrected chi connectivity index (χ3v) is 1.49. The molecular weight excluding hydrogens is 168 g/mol. The van der Waals surface area contributed by atoms with Crippen LogP contribution in [0.25, 0.3) is 0 Å². The van der Waals surface area contributed by atoms with E-state index in [1.54, 1.807) is 25.5 Å². The summed E-state index contributed by atoms with van der Waals surface area (Å²) >= 11 is 0. The zero-order chi connectivity index (χ0) is 9.68. The fourth-order valence-corrected chi connectivity index (χ4v) is 0.825. The van der Waals surface area contributed by atoms with Crippen molar-refractivity contribution in [3.8, 4) is 0 Å². The zero-order valence-corrected chi connectivity index (χ0v) is 7.37. The van der Waals surface area contributed by atoms with Crippen molar-refractivity contribution in [3.05, 3.63) is 18.5 Å². The van der Waals surface area contributed by atoms with Gasteiger partial charge in [-0.25, -0.2) is 0 Å². The van der Waals surface area contributed by atoms with Gasteiger partial charge < -0.3 is 16.4 Å². The summed E-state index contributed by atoms with van der Waals surface area (Å²) in [5.74, 6) is -0.0811. The number of aromatic nitrogens is 1. The first kappa shape index (κ1) is 9.31. The molecule has 5 heteroatoms. The maximum atomic E-state index is 10.8. The lowest BCUT2D eigenvalue weighted by atomic mass is 10.4. The highest BCUT2D eigenvalue weighted by Crippen LogP contribution is 2.08. The average Bonchev–Trinajstić information content (AvgIpc) is 2.14. The molecule has 0 bridgehead atoms. The summed E-state index contributed by atoms with van der Waals surface area (Å²) in [5, 5.41) is 5.38. The lowest BCUT2D eigenvalue weighted by molar-refractivity contribution is -0.118. The van der Waals surface area contributed by atoms with Crippen molar-refractivity contribution in [2.75, 3.05) is 24.6 Å². The molecule has 0 fully saturated rings. The number of anilines is 2. The number of amides is 1. The van der Waals surface area contributed by atoms with Crippen LogP contribution in [0.4, 0.5) is 11.4 Å². The van der Waals surface area contributed by atoms with Gasteiger partial charge in [-0.05, 0) is 6.07 Å². The molecule has 0 aromatic carbocycles. The number of carbonyl (C=O) groups excluding carboxylic acids is 1. The number of nitrogens with zero attached hydrogens (tertiary/aromatic N) is 1. The number of carbonyl (C=O) groups is 1. The van der Waals surface area contributed by atoms with E-state index in [0.29, 0.717) is 5.69 Å². The van der Waals surface area contributed by atoms with E-state index in [2.05, 4.69) is 15.6 Å². The van der Waals surface area contributed by atoms with Gasteiger partial charge in [0.15, 0.2) is 0 Å². The van der Waals surface area contributed by atoms with E-state index in [1.165, 1.54) is 0 Å². The van der Waals surface area contributed by atoms with E-state index >= 15 is 0 Å². The van der Waals surface area contributed by atoms with Gasteiger partial charge in [-0.1, -0.05) is 0 Å². The molecule has 70 valence electrons. The summed E-state index contributed by atoms with van der Waals surface area (Å²) in [5.41, 5.74) is 6.81. The predicted molar refractivity (Wildman–Crippen MR) is 51.2 cm³/mol. The summed E-state index contributed by atoms with van der Waals surface area (Å²) in [6, 6.07) is 1.72. The van der Waals surface area contributed by atoms with Gasteiger partial charge in [0.25, 0.3) is 0 Å². The van der Waals surface area contributed by atoms with Crippen molar-refractivity contribution < 1.29 is 4.79 Å². The molecule has 0 aliphatic carbocycles. The lowest BCUT2D eigenvalue weighted by Crippen LogP contribution is -2.26. The van der Waals surface area contributed by atoms with Crippen LogP contribution >= 0.6 is 0 Å². The van der Waals surface area contributed by atoms with Crippen LogP contribution in [0.15, 0.2) is 18.5 Å². The molecule has 1 aromatic rings. The number of likely N-dealkylation sites (N-methyl/N-ethyl adjacent to an activating group) is 1. The number of rotatable bonds is 3. The minimum Gasteiger partial charge on any atom is -0.397 e. The first-order chi connectivity index (χ1) is 6.22. The Kier molecular flexibility index (Phi) is 3.08. The van der Waals surface area contributed by atoms with Crippen LogP contribution in [-0.4, -0.2) is 24.5 Å². The Bertz CT molecular complexity index is 300. The average molecular weight is 180 g/mol. The standard InChI is InChI=1S/C8H12N4O/c1-10-8(13)5-12-7-2-6(9)3-11-4-7/h2-4,12H,5,9H2,1H3,(H,10,13). The van der Waals surface area contributed by atoms with Gasteiger partial charge in [-0.15, -0.1) is 0 Å². The summed E-state index contributed by atoms with van der Waals surface area (Å²) in [4.78, 5) is 14.7. The lowest BCUT2D eigenvalue weighted by Gasteiger charge is -2.04. The van der Waals surface area contributed by atoms with Gasteiger partial charge in [0.05, 0.1) is 24.1 Å². The molecule has 0 aliphatic heterocycles. The monoisotopic (exact) mass is 180 g/mol. The van der Waals surface area contributed by atoms with Gasteiger partial charge in [0, 0.05) is 13.2 Å². The van der Waals surface area contributed by atoms with Crippen LogP contribution in [0, 0.1) is 0 Å². The molecule has 0 aliphatic rings. The number of nitrogen functional groups attached to an aromatic ring is 1. The molecule has 0 saturated heterocycles. The van der Waals surface area contributed by atoms with E-state index < -0.39 is 0 Å². The van der Waals surface area contributed by atoms with Crippen molar-refractivity contribution in [2.45, 2.75) is 0 Å². The van der Waals surface area contributed by atoms with Crippen molar-refractivity contribution in [3.63, 3.8) is 0 Å². The third-order valence-electron chi connectivity index (χ3n) is 1.49. The number of nitrogens with one attached hydrogen (secondary N) is 2. The molecule has 0 spiro atoms. The Hall–Kier alpha value is -1.78. The Balaban J connectivity index is 2.50. The van der Waals surface area contributed by atoms with Gasteiger partial charge in [-0.2, -0.15) is 0 Å². The van der Waals surface area contributed by atoms with Crippen LogP contribution in [0.5, 0.6) is 0 Å². The number of hydrogen-bond acceptors (Lipinski definition) is 4. The SMILES string of the molecule is CNC(=O)CNc1cncc(N)c1. The molecule has 13 heavy (non-hydrogen) atoms. The van der Waals surface area contributed by atoms with Crippen LogP contribution in [-0.2, 0) is 4.79 Å². The van der Waals surface area contributed by atoms with Crippen LogP contribution in [0.3, 0.4) is 0 Å². The van der Waals surface area contributed by atoms with Crippen LogP contribution < -0.4 is 16.4 Å². The summed E-state index contributed by atoms with van der Waals surface area (Å²) in [7, 11) is 1.58. The summed E-state index contributed by atoms with van der Waals surface area (Å²) in [6.45, 7) is 0.224. The normalized spacial score (nSPS) is 9.31. The van der Waals surface area contributed by atoms with Gasteiger partial charge >= 0.3 is 0 Å². The molecule has 1 aromatic heterocycles. The quantitative estimate of drug-likeness (QED) is 0.603. The van der Waals surface area contributed by atoms with Gasteiger partial charge in [-0.3, -0.25) is 9.78 Å². The van der Waals surface area contributed by atoms with Gasteiger partial charge in [0.1, 0.15) is 0 Å². The van der Waals surface area contributed by atoms with E-state index in [9.17, 15) is 4.79 Å². The molecule has 0 unspecified atom stereocenters. The Morgan fingerprint density at radius 3 is 3.00 bits per heavy atom. The van der Waals surface area contributed by atoms with Crippen LogP contribution in [0.2, 0.25) is 0 Å². The topological polar surface area (TPSA) is 80.0 Å². The zero-order valence-electron chi connectivity index (χ0n) is 7.37. The van der Waals surface area contributed by atoms with E-state index in [-0.39, 0.29) is 12.5 Å². The maximum Gasteiger partial charge on any atom is 0.239 e. The molecule has 0 saturated carbocycles. The van der Waals surface area contributed by atoms with Crippen molar-refractivity contribution in [1.29, 1.82) is 0 Å². The first-order valence-corrected chi connectivity index (χ1v) is 3.87. The summed E-state index contributed by atoms with van der Waals surface area (Å²) < 4.78 is 0. The van der Waals surface area contributed by atoms with Crippen molar-refractivity contribution in [2.24, 2.45) is 0 Å². The van der Waals surface area contributed by atoms with Crippen LogP contribution in [0.1, 0.15) is 0 Å². The maximum absolute atomic E-state index is 10.8. The largest absolute Gasteiger partial charge is 0.397 e. The highest BCUT2D eigenvalue weighted by atomic mass is 16.1. The minimum absolute atomic E-state index is 0.0811. The second-order valence-electron chi connectivity index (χ2n) is 2.53. The predicted octanol–water partition coefficient (Wildman–Crippen LogP) is -0.178. The van der Waals surface area contributed by atoms with Crippen molar-refractivity contribution in [1.82, 2.24) is 10.3 Å². The second kappa shape index (κ2) is 4.30. The number of hydrogen-bond donors (Lipinski definition) is 3. The first-order valence-electron chi connectivity index (χ1n) is 3.87. The highest BCUT2D eigenvalue weighted by molar-refractivity contribution is 5.80. The smallest absolute Gasteiger partial charge is 0.239 e. The van der Waals surface area contributed by atoms with Crippen molar-refractivity contribution >= 4 is 17.3 Å². The molecule has 1 amide bonds. The Labute approximate surface area is 76.3 Å². The second-order valence-corrected chi connectivity index (χ2v) is 2.53.